The van der Waals surface area contributed by atoms with Gasteiger partial charge < -0.3 is 9.47 Å². The molecule has 1 aromatic rings. The van der Waals surface area contributed by atoms with E-state index >= 15 is 0 Å². The Morgan fingerprint density at radius 2 is 1.88 bits per heavy atom. The van der Waals surface area contributed by atoms with Crippen LogP contribution in [0.15, 0.2) is 23.1 Å². The normalized spacial score (nSPS) is 14.8. The first-order valence-electron chi connectivity index (χ1n) is 4.82. The maximum Gasteiger partial charge on any atom is 0.179 e. The molecule has 0 aliphatic carbocycles. The zero-order valence-electron chi connectivity index (χ0n) is 8.48. The minimum Gasteiger partial charge on any atom is -0.486 e. The lowest BCUT2D eigenvalue weighted by Gasteiger charge is -2.18. The highest BCUT2D eigenvalue weighted by Crippen LogP contribution is 2.32. The van der Waals surface area contributed by atoms with Crippen LogP contribution in [0.5, 0.6) is 11.5 Å². The SMILES string of the molecule is O=S(=O)(CCCl)c1ccc2c(c1)OCCO2. The largest absolute Gasteiger partial charge is 0.486 e. The number of hydrogen-bond donors (Lipinski definition) is 0. The Morgan fingerprint density at radius 1 is 1.19 bits per heavy atom. The Balaban J connectivity index is 2.37. The molecular formula is C10H11ClO4S. The van der Waals surface area contributed by atoms with Crippen LogP contribution in [0.2, 0.25) is 0 Å². The van der Waals surface area contributed by atoms with Crippen molar-refractivity contribution in [3.63, 3.8) is 0 Å². The van der Waals surface area contributed by atoms with E-state index in [1.54, 1.807) is 6.07 Å². The lowest BCUT2D eigenvalue weighted by atomic mass is 10.3. The first kappa shape index (κ1) is 11.5. The first-order valence-corrected chi connectivity index (χ1v) is 7.00. The molecule has 1 aliphatic rings. The molecule has 0 radical (unpaired) electrons. The van der Waals surface area contributed by atoms with E-state index in [1.807, 2.05) is 0 Å². The third-order valence-corrected chi connectivity index (χ3v) is 4.35. The number of benzene rings is 1. The minimum atomic E-state index is -3.31. The number of sulfone groups is 1. The van der Waals surface area contributed by atoms with Crippen molar-refractivity contribution in [3.8, 4) is 11.5 Å². The van der Waals surface area contributed by atoms with Crippen molar-refractivity contribution in [2.75, 3.05) is 24.8 Å². The molecule has 4 nitrogen and oxygen atoms in total. The Labute approximate surface area is 99.0 Å². The Bertz CT molecular complexity index is 484. The van der Waals surface area contributed by atoms with Gasteiger partial charge in [-0.2, -0.15) is 0 Å². The van der Waals surface area contributed by atoms with Crippen LogP contribution in [0.25, 0.3) is 0 Å². The molecule has 88 valence electrons. The van der Waals surface area contributed by atoms with Crippen molar-refractivity contribution in [2.45, 2.75) is 4.90 Å². The van der Waals surface area contributed by atoms with Gasteiger partial charge in [-0.15, -0.1) is 11.6 Å². The maximum atomic E-state index is 11.7. The van der Waals surface area contributed by atoms with Crippen molar-refractivity contribution in [1.82, 2.24) is 0 Å². The quantitative estimate of drug-likeness (QED) is 0.774. The summed E-state index contributed by atoms with van der Waals surface area (Å²) in [5, 5.41) is 0. The van der Waals surface area contributed by atoms with E-state index in [2.05, 4.69) is 0 Å². The van der Waals surface area contributed by atoms with Crippen LogP contribution >= 0.6 is 11.6 Å². The summed E-state index contributed by atoms with van der Waals surface area (Å²) in [6.45, 7) is 0.923. The topological polar surface area (TPSA) is 52.6 Å². The molecule has 0 amide bonds. The fourth-order valence-electron chi connectivity index (χ4n) is 1.44. The number of halogens is 1. The van der Waals surface area contributed by atoms with Crippen molar-refractivity contribution in [3.05, 3.63) is 18.2 Å². The highest BCUT2D eigenvalue weighted by Gasteiger charge is 2.18. The smallest absolute Gasteiger partial charge is 0.179 e. The van der Waals surface area contributed by atoms with Gasteiger partial charge >= 0.3 is 0 Å². The second-order valence-electron chi connectivity index (χ2n) is 3.31. The average molecular weight is 263 g/mol. The van der Waals surface area contributed by atoms with Crippen molar-refractivity contribution in [2.24, 2.45) is 0 Å². The highest BCUT2D eigenvalue weighted by atomic mass is 35.5. The van der Waals surface area contributed by atoms with Gasteiger partial charge in [0.25, 0.3) is 0 Å². The third-order valence-electron chi connectivity index (χ3n) is 2.22. The van der Waals surface area contributed by atoms with Crippen LogP contribution in [0, 0.1) is 0 Å². The Morgan fingerprint density at radius 3 is 2.56 bits per heavy atom. The first-order chi connectivity index (χ1) is 7.63. The molecule has 0 aromatic heterocycles. The summed E-state index contributed by atoms with van der Waals surface area (Å²) in [7, 11) is -3.31. The van der Waals surface area contributed by atoms with Gasteiger partial charge in [-0.25, -0.2) is 8.42 Å². The summed E-state index contributed by atoms with van der Waals surface area (Å²) in [6.07, 6.45) is 0. The van der Waals surface area contributed by atoms with Gasteiger partial charge in [0.2, 0.25) is 0 Å². The molecular weight excluding hydrogens is 252 g/mol. The predicted molar refractivity (Wildman–Crippen MR) is 60.2 cm³/mol. The Hall–Kier alpha value is -0.940. The molecule has 0 N–H and O–H groups in total. The van der Waals surface area contributed by atoms with Crippen LogP contribution in [-0.2, 0) is 9.84 Å². The van der Waals surface area contributed by atoms with Gasteiger partial charge in [0, 0.05) is 11.9 Å². The summed E-state index contributed by atoms with van der Waals surface area (Å²) < 4.78 is 34.1. The lowest BCUT2D eigenvalue weighted by molar-refractivity contribution is 0.171. The van der Waals surface area contributed by atoms with E-state index in [0.29, 0.717) is 24.7 Å². The van der Waals surface area contributed by atoms with Gasteiger partial charge in [0.15, 0.2) is 21.3 Å². The van der Waals surface area contributed by atoms with Crippen LogP contribution in [0.3, 0.4) is 0 Å². The maximum absolute atomic E-state index is 11.7. The van der Waals surface area contributed by atoms with E-state index in [0.717, 1.165) is 0 Å². The zero-order chi connectivity index (χ0) is 11.6. The molecule has 6 heteroatoms. The molecule has 0 bridgehead atoms. The summed E-state index contributed by atoms with van der Waals surface area (Å²) in [5.41, 5.74) is 0. The molecule has 0 fully saturated rings. The average Bonchev–Trinajstić information content (AvgIpc) is 2.28. The number of rotatable bonds is 3. The van der Waals surface area contributed by atoms with Gasteiger partial charge in [-0.1, -0.05) is 0 Å². The number of hydrogen-bond acceptors (Lipinski definition) is 4. The monoisotopic (exact) mass is 262 g/mol. The summed E-state index contributed by atoms with van der Waals surface area (Å²) in [6, 6.07) is 4.60. The second-order valence-corrected chi connectivity index (χ2v) is 5.80. The Kier molecular flexibility index (Phi) is 3.25. The molecule has 0 saturated carbocycles. The number of alkyl halides is 1. The van der Waals surface area contributed by atoms with Gasteiger partial charge in [0.1, 0.15) is 13.2 Å². The molecule has 0 atom stereocenters. The second kappa shape index (κ2) is 4.51. The number of fused-ring (bicyclic) bond motifs is 1. The van der Waals surface area contributed by atoms with Gasteiger partial charge in [-0.3, -0.25) is 0 Å². The molecule has 0 saturated heterocycles. The fraction of sp³-hybridized carbons (Fsp3) is 0.400. The molecule has 1 heterocycles. The predicted octanol–water partition coefficient (Wildman–Crippen LogP) is 1.47. The van der Waals surface area contributed by atoms with Gasteiger partial charge in [-0.05, 0) is 12.1 Å². The van der Waals surface area contributed by atoms with E-state index in [1.165, 1.54) is 12.1 Å². The summed E-state index contributed by atoms with van der Waals surface area (Å²) >= 11 is 5.44. The van der Waals surface area contributed by atoms with Crippen LogP contribution in [-0.4, -0.2) is 33.3 Å². The molecule has 1 aromatic carbocycles. The molecule has 2 rings (SSSR count). The minimum absolute atomic E-state index is 0.0752. The van der Waals surface area contributed by atoms with E-state index in [-0.39, 0.29) is 16.5 Å². The summed E-state index contributed by atoms with van der Waals surface area (Å²) in [5.74, 6) is 1.06. The molecule has 1 aliphatic heterocycles. The van der Waals surface area contributed by atoms with Crippen LogP contribution in [0.4, 0.5) is 0 Å². The third kappa shape index (κ3) is 2.25. The lowest BCUT2D eigenvalue weighted by Crippen LogP contribution is -2.16. The van der Waals surface area contributed by atoms with Crippen molar-refractivity contribution in [1.29, 1.82) is 0 Å². The van der Waals surface area contributed by atoms with Crippen molar-refractivity contribution >= 4 is 21.4 Å². The van der Waals surface area contributed by atoms with Crippen molar-refractivity contribution < 1.29 is 17.9 Å². The fourth-order valence-corrected chi connectivity index (χ4v) is 3.05. The van der Waals surface area contributed by atoms with Crippen LogP contribution in [0.1, 0.15) is 0 Å². The van der Waals surface area contributed by atoms with E-state index in [9.17, 15) is 8.42 Å². The van der Waals surface area contributed by atoms with Gasteiger partial charge in [0.05, 0.1) is 10.6 Å². The van der Waals surface area contributed by atoms with E-state index < -0.39 is 9.84 Å². The van der Waals surface area contributed by atoms with Crippen LogP contribution < -0.4 is 9.47 Å². The van der Waals surface area contributed by atoms with E-state index in [4.69, 9.17) is 21.1 Å². The summed E-state index contributed by atoms with van der Waals surface area (Å²) in [4.78, 5) is 0.220. The standard InChI is InChI=1S/C10H11ClO4S/c11-3-6-16(12,13)8-1-2-9-10(7-8)15-5-4-14-9/h1-2,7H,3-6H2. The number of ether oxygens (including phenoxy) is 2. The molecule has 16 heavy (non-hydrogen) atoms. The molecule has 0 spiro atoms. The highest BCUT2D eigenvalue weighted by molar-refractivity contribution is 7.91. The molecule has 0 unspecified atom stereocenters. The zero-order valence-corrected chi connectivity index (χ0v) is 10.1.